The maximum absolute atomic E-state index is 11.8. The lowest BCUT2D eigenvalue weighted by Gasteiger charge is -2.07. The Morgan fingerprint density at radius 3 is 2.75 bits per heavy atom. The number of aliphatic imine (C=N–C) groups is 1. The van der Waals surface area contributed by atoms with Gasteiger partial charge in [-0.1, -0.05) is 53.0 Å². The predicted octanol–water partition coefficient (Wildman–Crippen LogP) is 3.40. The minimum absolute atomic E-state index is 0.169. The summed E-state index contributed by atoms with van der Waals surface area (Å²) in [5, 5.41) is 1.04. The molecular formula is C13H9Cl3N2O2. The van der Waals surface area contributed by atoms with Crippen LogP contribution in [0.2, 0.25) is 0 Å². The van der Waals surface area contributed by atoms with Crippen LogP contribution in [-0.4, -0.2) is 26.7 Å². The van der Waals surface area contributed by atoms with Gasteiger partial charge in [0.15, 0.2) is 6.04 Å². The van der Waals surface area contributed by atoms with Gasteiger partial charge in [0.05, 0.1) is 0 Å². The maximum atomic E-state index is 11.8. The van der Waals surface area contributed by atoms with E-state index in [0.29, 0.717) is 6.42 Å². The number of nitrogens with one attached hydrogen (secondary N) is 1. The minimum Gasteiger partial charge on any atom is -0.405 e. The van der Waals surface area contributed by atoms with Crippen LogP contribution in [0.4, 0.5) is 0 Å². The minimum atomic E-state index is -1.81. The van der Waals surface area contributed by atoms with E-state index >= 15 is 0 Å². The normalized spacial score (nSPS) is 19.2. The first-order valence-corrected chi connectivity index (χ1v) is 7.00. The fraction of sp³-hybridized carbons (Fsp3) is 0.231. The zero-order valence-corrected chi connectivity index (χ0v) is 12.3. The molecule has 3 rings (SSSR count). The standard InChI is InChI=1S/C13H9Cl3N2O2/c14-13(15,16)12-18-10(11(19)20-12)5-7-6-17-9-4-2-1-3-8(7)9/h1-4,6,10,17H,5H2. The van der Waals surface area contributed by atoms with Crippen molar-refractivity contribution >= 4 is 57.6 Å². The molecule has 1 unspecified atom stereocenters. The second kappa shape index (κ2) is 4.95. The number of aromatic nitrogens is 1. The van der Waals surface area contributed by atoms with E-state index in [0.717, 1.165) is 16.5 Å². The van der Waals surface area contributed by atoms with Crippen LogP contribution in [0.5, 0.6) is 0 Å². The molecule has 0 bridgehead atoms. The zero-order chi connectivity index (χ0) is 14.3. The van der Waals surface area contributed by atoms with Crippen molar-refractivity contribution in [1.29, 1.82) is 0 Å². The molecule has 0 radical (unpaired) electrons. The first kappa shape index (κ1) is 13.7. The molecule has 2 heterocycles. The van der Waals surface area contributed by atoms with Gasteiger partial charge in [-0.3, -0.25) is 0 Å². The van der Waals surface area contributed by atoms with E-state index in [1.165, 1.54) is 0 Å². The predicted molar refractivity (Wildman–Crippen MR) is 79.6 cm³/mol. The Kier molecular flexibility index (Phi) is 3.40. The van der Waals surface area contributed by atoms with Crippen LogP contribution in [0, 0.1) is 0 Å². The maximum Gasteiger partial charge on any atom is 0.337 e. The SMILES string of the molecule is O=C1OC(C(Cl)(Cl)Cl)=NC1Cc1c[nH]c2ccccc12. The molecule has 1 aliphatic rings. The number of para-hydroxylation sites is 1. The van der Waals surface area contributed by atoms with E-state index < -0.39 is 15.8 Å². The van der Waals surface area contributed by atoms with Crippen molar-refractivity contribution in [3.05, 3.63) is 36.0 Å². The van der Waals surface area contributed by atoms with Gasteiger partial charge in [0, 0.05) is 23.5 Å². The van der Waals surface area contributed by atoms with Gasteiger partial charge in [0.25, 0.3) is 3.79 Å². The zero-order valence-electron chi connectivity index (χ0n) is 10.1. The Hall–Kier alpha value is -1.23. The molecule has 104 valence electrons. The van der Waals surface area contributed by atoms with Crippen molar-refractivity contribution in [2.75, 3.05) is 0 Å². The Morgan fingerprint density at radius 2 is 2.05 bits per heavy atom. The Balaban J connectivity index is 1.88. The summed E-state index contributed by atoms with van der Waals surface area (Å²) in [6.07, 6.45) is 2.24. The van der Waals surface area contributed by atoms with Gasteiger partial charge in [0.2, 0.25) is 5.90 Å². The molecule has 0 saturated heterocycles. The smallest absolute Gasteiger partial charge is 0.337 e. The summed E-state index contributed by atoms with van der Waals surface area (Å²) in [5.74, 6) is -0.672. The topological polar surface area (TPSA) is 54.4 Å². The highest BCUT2D eigenvalue weighted by Crippen LogP contribution is 2.32. The molecule has 0 spiro atoms. The molecule has 1 aliphatic heterocycles. The van der Waals surface area contributed by atoms with Crippen molar-refractivity contribution in [2.24, 2.45) is 4.99 Å². The number of alkyl halides is 3. The third-order valence-electron chi connectivity index (χ3n) is 3.07. The van der Waals surface area contributed by atoms with Crippen LogP contribution < -0.4 is 0 Å². The van der Waals surface area contributed by atoms with Crippen molar-refractivity contribution < 1.29 is 9.53 Å². The van der Waals surface area contributed by atoms with E-state index in [1.807, 2.05) is 30.5 Å². The van der Waals surface area contributed by atoms with E-state index in [2.05, 4.69) is 9.98 Å². The van der Waals surface area contributed by atoms with Gasteiger partial charge >= 0.3 is 5.97 Å². The highest BCUT2D eigenvalue weighted by atomic mass is 35.6. The summed E-state index contributed by atoms with van der Waals surface area (Å²) in [6, 6.07) is 7.12. The van der Waals surface area contributed by atoms with Crippen LogP contribution in [0.1, 0.15) is 5.56 Å². The van der Waals surface area contributed by atoms with Crippen molar-refractivity contribution in [3.8, 4) is 0 Å². The summed E-state index contributed by atoms with van der Waals surface area (Å²) >= 11 is 17.0. The lowest BCUT2D eigenvalue weighted by molar-refractivity contribution is -0.135. The number of ether oxygens (including phenoxy) is 1. The number of hydrogen-bond acceptors (Lipinski definition) is 3. The summed E-state index contributed by atoms with van der Waals surface area (Å²) in [6.45, 7) is 0. The van der Waals surface area contributed by atoms with Crippen molar-refractivity contribution in [2.45, 2.75) is 16.3 Å². The number of benzene rings is 1. The number of esters is 1. The first-order chi connectivity index (χ1) is 9.45. The third-order valence-corrected chi connectivity index (χ3v) is 3.56. The molecule has 1 atom stereocenters. The van der Waals surface area contributed by atoms with Gasteiger partial charge in [-0.05, 0) is 11.6 Å². The largest absolute Gasteiger partial charge is 0.405 e. The molecule has 0 aliphatic carbocycles. The summed E-state index contributed by atoms with van der Waals surface area (Å²) in [7, 11) is 0. The third kappa shape index (κ3) is 2.51. The number of aromatic amines is 1. The number of nitrogens with zero attached hydrogens (tertiary/aromatic N) is 1. The van der Waals surface area contributed by atoms with Crippen LogP contribution in [0.15, 0.2) is 35.5 Å². The number of halogens is 3. The monoisotopic (exact) mass is 330 g/mol. The molecule has 4 nitrogen and oxygen atoms in total. The van der Waals surface area contributed by atoms with Gasteiger partial charge < -0.3 is 9.72 Å². The number of H-pyrrole nitrogens is 1. The number of cyclic esters (lactones) is 1. The molecule has 1 aromatic carbocycles. The average Bonchev–Trinajstić information content (AvgIpc) is 2.95. The van der Waals surface area contributed by atoms with Crippen molar-refractivity contribution in [3.63, 3.8) is 0 Å². The first-order valence-electron chi connectivity index (χ1n) is 5.87. The van der Waals surface area contributed by atoms with Gasteiger partial charge in [-0.15, -0.1) is 0 Å². The van der Waals surface area contributed by atoms with E-state index in [9.17, 15) is 4.79 Å². The summed E-state index contributed by atoms with van der Waals surface area (Å²) in [4.78, 5) is 19.0. The Morgan fingerprint density at radius 1 is 1.30 bits per heavy atom. The number of hydrogen-bond donors (Lipinski definition) is 1. The molecule has 20 heavy (non-hydrogen) atoms. The summed E-state index contributed by atoms with van der Waals surface area (Å²) in [5.41, 5.74) is 1.97. The average molecular weight is 332 g/mol. The van der Waals surface area contributed by atoms with Gasteiger partial charge in [-0.25, -0.2) is 9.79 Å². The number of fused-ring (bicyclic) bond motifs is 1. The van der Waals surface area contributed by atoms with Crippen LogP contribution in [0.3, 0.4) is 0 Å². The second-order valence-corrected chi connectivity index (χ2v) is 6.71. The van der Waals surface area contributed by atoms with Crippen LogP contribution in [-0.2, 0) is 16.0 Å². The quantitative estimate of drug-likeness (QED) is 0.677. The summed E-state index contributed by atoms with van der Waals surface area (Å²) < 4.78 is 3.09. The van der Waals surface area contributed by atoms with Gasteiger partial charge in [0.1, 0.15) is 0 Å². The lowest BCUT2D eigenvalue weighted by Crippen LogP contribution is -2.21. The highest BCUT2D eigenvalue weighted by Gasteiger charge is 2.40. The lowest BCUT2D eigenvalue weighted by atomic mass is 10.1. The number of carbonyl (C=O) groups is 1. The second-order valence-electron chi connectivity index (χ2n) is 4.43. The Bertz CT molecular complexity index is 703. The van der Waals surface area contributed by atoms with Gasteiger partial charge in [-0.2, -0.15) is 0 Å². The molecule has 0 fully saturated rings. The highest BCUT2D eigenvalue weighted by molar-refractivity contribution is 6.76. The van der Waals surface area contributed by atoms with E-state index in [1.54, 1.807) is 0 Å². The fourth-order valence-electron chi connectivity index (χ4n) is 2.15. The van der Waals surface area contributed by atoms with E-state index in [-0.39, 0.29) is 5.90 Å². The molecule has 0 saturated carbocycles. The van der Waals surface area contributed by atoms with Crippen LogP contribution >= 0.6 is 34.8 Å². The van der Waals surface area contributed by atoms with Crippen molar-refractivity contribution in [1.82, 2.24) is 4.98 Å². The number of rotatable bonds is 2. The molecule has 1 aromatic heterocycles. The fourth-order valence-corrected chi connectivity index (χ4v) is 2.41. The Labute approximate surface area is 129 Å². The van der Waals surface area contributed by atoms with Crippen LogP contribution in [0.25, 0.3) is 10.9 Å². The molecule has 1 N–H and O–H groups in total. The van der Waals surface area contributed by atoms with E-state index in [4.69, 9.17) is 39.5 Å². The molecule has 0 amide bonds. The molecule has 2 aromatic rings. The number of carbonyl (C=O) groups excluding carboxylic acids is 1. The molecule has 7 heteroatoms. The molecular weight excluding hydrogens is 323 g/mol.